The Kier molecular flexibility index (Phi) is 5.55. The minimum atomic E-state index is -0.489. The normalized spacial score (nSPS) is 19.6. The van der Waals surface area contributed by atoms with Crippen LogP contribution < -0.4 is 5.32 Å². The number of aromatic nitrogens is 2. The van der Waals surface area contributed by atoms with E-state index in [0.717, 1.165) is 24.0 Å². The van der Waals surface area contributed by atoms with Crippen LogP contribution in [0.3, 0.4) is 0 Å². The number of amides is 1. The Balaban J connectivity index is 2.24. The first-order valence-electron chi connectivity index (χ1n) is 8.47. The molecule has 1 aliphatic rings. The van der Waals surface area contributed by atoms with Gasteiger partial charge in [0.05, 0.1) is 17.4 Å². The van der Waals surface area contributed by atoms with Gasteiger partial charge in [-0.25, -0.2) is 0 Å². The average Bonchev–Trinajstić information content (AvgIpc) is 2.97. The van der Waals surface area contributed by atoms with Crippen LogP contribution in [0.5, 0.6) is 0 Å². The fourth-order valence-corrected chi connectivity index (χ4v) is 2.44. The van der Waals surface area contributed by atoms with Crippen LogP contribution in [0.25, 0.3) is 6.08 Å². The summed E-state index contributed by atoms with van der Waals surface area (Å²) in [7, 11) is -0.489. The predicted molar refractivity (Wildman–Crippen MR) is 95.3 cm³/mol. The molecule has 1 saturated heterocycles. The molecule has 2 rings (SSSR count). The largest absolute Gasteiger partial charge is 0.492 e. The van der Waals surface area contributed by atoms with Crippen LogP contribution in [0.15, 0.2) is 17.9 Å². The standard InChI is InChI=1S/C17H28BN3O3/c1-7-8-21-12-14(10-20-21)9-15(11-19-13(2)22)18-23-16(3,4)17(5,6)24-18/h9-10,12H,7-8,11H2,1-6H3,(H,19,22). The quantitative estimate of drug-likeness (QED) is 0.812. The van der Waals surface area contributed by atoms with Crippen molar-refractivity contribution in [2.75, 3.05) is 6.54 Å². The van der Waals surface area contributed by atoms with Crippen LogP contribution in [0.4, 0.5) is 0 Å². The monoisotopic (exact) mass is 333 g/mol. The van der Waals surface area contributed by atoms with Crippen molar-refractivity contribution in [2.24, 2.45) is 0 Å². The lowest BCUT2D eigenvalue weighted by molar-refractivity contribution is -0.118. The first kappa shape index (κ1) is 18.7. The number of carbonyl (C=O) groups excluding carboxylic acids is 1. The molecule has 1 fully saturated rings. The minimum Gasteiger partial charge on any atom is -0.400 e. The van der Waals surface area contributed by atoms with Crippen molar-refractivity contribution in [1.29, 1.82) is 0 Å². The molecule has 6 nitrogen and oxygen atoms in total. The number of nitrogens with one attached hydrogen (secondary N) is 1. The summed E-state index contributed by atoms with van der Waals surface area (Å²) in [4.78, 5) is 11.3. The van der Waals surface area contributed by atoms with Gasteiger partial charge in [0.1, 0.15) is 0 Å². The van der Waals surface area contributed by atoms with Crippen LogP contribution >= 0.6 is 0 Å². The van der Waals surface area contributed by atoms with Gasteiger partial charge in [-0.1, -0.05) is 13.0 Å². The van der Waals surface area contributed by atoms with E-state index >= 15 is 0 Å². The average molecular weight is 333 g/mol. The Morgan fingerprint density at radius 3 is 2.50 bits per heavy atom. The van der Waals surface area contributed by atoms with Crippen molar-refractivity contribution in [2.45, 2.75) is 65.7 Å². The lowest BCUT2D eigenvalue weighted by atomic mass is 9.77. The summed E-state index contributed by atoms with van der Waals surface area (Å²) < 4.78 is 14.1. The third-order valence-electron chi connectivity index (χ3n) is 4.56. The summed E-state index contributed by atoms with van der Waals surface area (Å²) in [6.45, 7) is 12.9. The van der Waals surface area contributed by atoms with Gasteiger partial charge in [-0.05, 0) is 39.6 Å². The van der Waals surface area contributed by atoms with Crippen LogP contribution in [-0.2, 0) is 20.6 Å². The minimum absolute atomic E-state index is 0.0842. The summed E-state index contributed by atoms with van der Waals surface area (Å²) in [6.07, 6.45) is 6.81. The van der Waals surface area contributed by atoms with Gasteiger partial charge < -0.3 is 14.6 Å². The molecule has 0 atom stereocenters. The Morgan fingerprint density at radius 2 is 1.96 bits per heavy atom. The van der Waals surface area contributed by atoms with Crippen molar-refractivity contribution >= 4 is 19.1 Å². The van der Waals surface area contributed by atoms with Crippen molar-refractivity contribution in [3.63, 3.8) is 0 Å². The molecule has 7 heteroatoms. The Labute approximate surface area is 144 Å². The smallest absolute Gasteiger partial charge is 0.400 e. The zero-order valence-corrected chi connectivity index (χ0v) is 15.5. The summed E-state index contributed by atoms with van der Waals surface area (Å²) >= 11 is 0. The van der Waals surface area contributed by atoms with E-state index < -0.39 is 18.3 Å². The zero-order chi connectivity index (χ0) is 18.0. The van der Waals surface area contributed by atoms with E-state index in [-0.39, 0.29) is 5.91 Å². The Bertz CT molecular complexity index is 606. The Hall–Kier alpha value is -1.60. The molecule has 1 aromatic rings. The van der Waals surface area contributed by atoms with E-state index in [1.807, 2.05) is 50.8 Å². The molecule has 0 aromatic carbocycles. The highest BCUT2D eigenvalue weighted by molar-refractivity contribution is 6.56. The molecule has 0 saturated carbocycles. The van der Waals surface area contributed by atoms with Crippen molar-refractivity contribution in [1.82, 2.24) is 15.1 Å². The molecule has 132 valence electrons. The van der Waals surface area contributed by atoms with Crippen molar-refractivity contribution < 1.29 is 14.1 Å². The summed E-state index contributed by atoms with van der Waals surface area (Å²) in [5.41, 5.74) is 1.01. The summed E-state index contributed by atoms with van der Waals surface area (Å²) in [5, 5.41) is 7.18. The van der Waals surface area contributed by atoms with Gasteiger partial charge in [0.15, 0.2) is 0 Å². The summed E-state index contributed by atoms with van der Waals surface area (Å²) in [6, 6.07) is 0. The fourth-order valence-electron chi connectivity index (χ4n) is 2.44. The third kappa shape index (κ3) is 4.27. The first-order valence-corrected chi connectivity index (χ1v) is 8.47. The van der Waals surface area contributed by atoms with E-state index in [1.54, 1.807) is 0 Å². The fraction of sp³-hybridized carbons (Fsp3) is 0.647. The van der Waals surface area contributed by atoms with Crippen molar-refractivity contribution in [3.8, 4) is 0 Å². The van der Waals surface area contributed by atoms with Gasteiger partial charge in [-0.2, -0.15) is 5.10 Å². The molecular weight excluding hydrogens is 305 g/mol. The van der Waals surface area contributed by atoms with E-state index in [0.29, 0.717) is 6.54 Å². The molecule has 0 bridgehead atoms. The molecule has 1 aliphatic heterocycles. The second-order valence-electron chi connectivity index (χ2n) is 7.25. The van der Waals surface area contributed by atoms with Crippen molar-refractivity contribution in [3.05, 3.63) is 23.4 Å². The number of hydrogen-bond donors (Lipinski definition) is 1. The van der Waals surface area contributed by atoms with E-state index in [9.17, 15) is 4.79 Å². The number of rotatable bonds is 6. The van der Waals surface area contributed by atoms with Crippen LogP contribution in [0, 0.1) is 0 Å². The lowest BCUT2D eigenvalue weighted by Crippen LogP contribution is -2.41. The highest BCUT2D eigenvalue weighted by Crippen LogP contribution is 2.38. The maximum Gasteiger partial charge on any atom is 0.492 e. The Morgan fingerprint density at radius 1 is 1.33 bits per heavy atom. The lowest BCUT2D eigenvalue weighted by Gasteiger charge is -2.32. The molecular formula is C17H28BN3O3. The topological polar surface area (TPSA) is 65.4 Å². The number of nitrogens with zero attached hydrogens (tertiary/aromatic N) is 2. The predicted octanol–water partition coefficient (Wildman–Crippen LogP) is 2.44. The maximum atomic E-state index is 11.3. The molecule has 2 heterocycles. The van der Waals surface area contributed by atoms with Crippen LogP contribution in [0.1, 0.15) is 53.5 Å². The summed E-state index contributed by atoms with van der Waals surface area (Å²) in [5.74, 6) is -0.0842. The van der Waals surface area contributed by atoms with E-state index in [2.05, 4.69) is 17.3 Å². The molecule has 1 N–H and O–H groups in total. The SMILES string of the molecule is CCCn1cc(C=C(CNC(C)=O)B2OC(C)(C)C(C)(C)O2)cn1. The molecule has 1 amide bonds. The van der Waals surface area contributed by atoms with Gasteiger partial charge in [0, 0.05) is 31.8 Å². The second kappa shape index (κ2) is 7.11. The van der Waals surface area contributed by atoms with Gasteiger partial charge in [0.25, 0.3) is 0 Å². The molecule has 24 heavy (non-hydrogen) atoms. The number of aryl methyl sites for hydroxylation is 1. The van der Waals surface area contributed by atoms with Gasteiger partial charge in [-0.3, -0.25) is 9.48 Å². The second-order valence-corrected chi connectivity index (χ2v) is 7.25. The third-order valence-corrected chi connectivity index (χ3v) is 4.56. The highest BCUT2D eigenvalue weighted by atomic mass is 16.7. The maximum absolute atomic E-state index is 11.3. The van der Waals surface area contributed by atoms with Gasteiger partial charge in [-0.15, -0.1) is 0 Å². The van der Waals surface area contributed by atoms with E-state index in [4.69, 9.17) is 9.31 Å². The first-order chi connectivity index (χ1) is 11.1. The number of hydrogen-bond acceptors (Lipinski definition) is 4. The molecule has 1 aromatic heterocycles. The molecule has 0 spiro atoms. The zero-order valence-electron chi connectivity index (χ0n) is 15.5. The highest BCUT2D eigenvalue weighted by Gasteiger charge is 2.52. The van der Waals surface area contributed by atoms with Crippen LogP contribution in [-0.4, -0.2) is 40.6 Å². The molecule has 0 radical (unpaired) electrons. The van der Waals surface area contributed by atoms with Gasteiger partial charge >= 0.3 is 7.12 Å². The van der Waals surface area contributed by atoms with Gasteiger partial charge in [0.2, 0.25) is 5.91 Å². The van der Waals surface area contributed by atoms with Crippen LogP contribution in [0.2, 0.25) is 0 Å². The molecule has 0 unspecified atom stereocenters. The number of carbonyl (C=O) groups is 1. The molecule has 0 aliphatic carbocycles. The van der Waals surface area contributed by atoms with E-state index in [1.165, 1.54) is 6.92 Å².